The number of aromatic nitrogens is 2. The summed E-state index contributed by atoms with van der Waals surface area (Å²) >= 11 is 6.01. The number of hydrogen-bond acceptors (Lipinski definition) is 3. The number of halogens is 1. The second-order valence-corrected chi connectivity index (χ2v) is 4.99. The number of aryl methyl sites for hydroxylation is 1. The molecule has 2 aromatic rings. The fraction of sp³-hybridized carbons (Fsp3) is 0.533. The van der Waals surface area contributed by atoms with Gasteiger partial charge in [-0.05, 0) is 31.4 Å². The monoisotopic (exact) mass is 296 g/mol. The van der Waals surface area contributed by atoms with Crippen molar-refractivity contribution < 1.29 is 9.47 Å². The molecule has 0 amide bonds. The van der Waals surface area contributed by atoms with Crippen molar-refractivity contribution in [1.82, 2.24) is 9.55 Å². The molecule has 4 nitrogen and oxygen atoms in total. The Morgan fingerprint density at radius 2 is 2.05 bits per heavy atom. The van der Waals surface area contributed by atoms with Crippen molar-refractivity contribution in [3.63, 3.8) is 0 Å². The van der Waals surface area contributed by atoms with Crippen molar-refractivity contribution >= 4 is 22.6 Å². The van der Waals surface area contributed by atoms with E-state index in [9.17, 15) is 0 Å². The molecule has 5 heteroatoms. The predicted octanol–water partition coefficient (Wildman–Crippen LogP) is 3.60. The van der Waals surface area contributed by atoms with Crippen LogP contribution in [0.3, 0.4) is 0 Å². The number of alkyl halides is 1. The summed E-state index contributed by atoms with van der Waals surface area (Å²) in [6, 6.07) is 5.93. The van der Waals surface area contributed by atoms with Gasteiger partial charge < -0.3 is 14.0 Å². The zero-order chi connectivity index (χ0) is 14.4. The van der Waals surface area contributed by atoms with E-state index in [4.69, 9.17) is 21.1 Å². The average molecular weight is 297 g/mol. The number of nitrogens with zero attached hydrogens (tertiary/aromatic N) is 2. The third kappa shape index (κ3) is 3.44. The smallest absolute Gasteiger partial charge is 0.124 e. The van der Waals surface area contributed by atoms with Crippen LogP contribution in [0, 0.1) is 0 Å². The minimum atomic E-state index is 0.426. The Kier molecular flexibility index (Phi) is 5.68. The van der Waals surface area contributed by atoms with Gasteiger partial charge in [0.25, 0.3) is 0 Å². The molecule has 110 valence electrons. The second kappa shape index (κ2) is 7.50. The van der Waals surface area contributed by atoms with Gasteiger partial charge in [-0.3, -0.25) is 0 Å². The van der Waals surface area contributed by atoms with Crippen LogP contribution in [-0.4, -0.2) is 30.4 Å². The number of benzene rings is 1. The summed E-state index contributed by atoms with van der Waals surface area (Å²) in [5.41, 5.74) is 2.06. The highest BCUT2D eigenvalue weighted by atomic mass is 35.5. The van der Waals surface area contributed by atoms with Gasteiger partial charge in [-0.25, -0.2) is 4.98 Å². The van der Waals surface area contributed by atoms with Crippen LogP contribution in [-0.2, 0) is 17.2 Å². The van der Waals surface area contributed by atoms with Gasteiger partial charge in [-0.15, -0.1) is 11.6 Å². The van der Waals surface area contributed by atoms with E-state index >= 15 is 0 Å². The van der Waals surface area contributed by atoms with E-state index in [2.05, 4.69) is 9.55 Å². The van der Waals surface area contributed by atoms with Gasteiger partial charge >= 0.3 is 0 Å². The molecular formula is C15H21ClN2O2. The molecule has 0 unspecified atom stereocenters. The molecule has 2 rings (SSSR count). The molecule has 0 aliphatic carbocycles. The SMILES string of the molecule is COCCCCCn1c(CCl)nc2ccc(OC)cc21. The van der Waals surface area contributed by atoms with E-state index in [0.717, 1.165) is 55.0 Å². The predicted molar refractivity (Wildman–Crippen MR) is 81.6 cm³/mol. The molecule has 20 heavy (non-hydrogen) atoms. The lowest BCUT2D eigenvalue weighted by atomic mass is 10.2. The van der Waals surface area contributed by atoms with E-state index < -0.39 is 0 Å². The van der Waals surface area contributed by atoms with Crippen LogP contribution in [0.4, 0.5) is 0 Å². The van der Waals surface area contributed by atoms with Gasteiger partial charge in [0.2, 0.25) is 0 Å². The Labute approximate surface area is 124 Å². The van der Waals surface area contributed by atoms with Crippen molar-refractivity contribution in [2.24, 2.45) is 0 Å². The molecule has 0 aliphatic heterocycles. The topological polar surface area (TPSA) is 36.3 Å². The highest BCUT2D eigenvalue weighted by Gasteiger charge is 2.10. The molecule has 0 bridgehead atoms. The molecule has 0 saturated heterocycles. The third-order valence-corrected chi connectivity index (χ3v) is 3.62. The number of fused-ring (bicyclic) bond motifs is 1. The van der Waals surface area contributed by atoms with Gasteiger partial charge in [0.1, 0.15) is 11.6 Å². The summed E-state index contributed by atoms with van der Waals surface area (Å²) in [6.07, 6.45) is 3.32. The van der Waals surface area contributed by atoms with Crippen molar-refractivity contribution in [2.75, 3.05) is 20.8 Å². The quantitative estimate of drug-likeness (QED) is 0.551. The highest BCUT2D eigenvalue weighted by Crippen LogP contribution is 2.23. The van der Waals surface area contributed by atoms with Crippen LogP contribution in [0.5, 0.6) is 5.75 Å². The maximum atomic E-state index is 6.01. The average Bonchev–Trinajstić information content (AvgIpc) is 2.84. The van der Waals surface area contributed by atoms with Gasteiger partial charge in [-0.2, -0.15) is 0 Å². The van der Waals surface area contributed by atoms with Gasteiger partial charge in [0.15, 0.2) is 0 Å². The Morgan fingerprint density at radius 1 is 1.20 bits per heavy atom. The summed E-state index contributed by atoms with van der Waals surface area (Å²) in [4.78, 5) is 4.57. The fourth-order valence-electron chi connectivity index (χ4n) is 2.32. The number of ether oxygens (including phenoxy) is 2. The lowest BCUT2D eigenvalue weighted by Crippen LogP contribution is -2.03. The molecule has 0 spiro atoms. The van der Waals surface area contributed by atoms with Crippen molar-refractivity contribution in [1.29, 1.82) is 0 Å². The summed E-state index contributed by atoms with van der Waals surface area (Å²) in [5, 5.41) is 0. The van der Waals surface area contributed by atoms with Crippen molar-refractivity contribution in [3.8, 4) is 5.75 Å². The maximum Gasteiger partial charge on any atom is 0.124 e. The molecule has 0 atom stereocenters. The van der Waals surface area contributed by atoms with Crippen molar-refractivity contribution in [3.05, 3.63) is 24.0 Å². The van der Waals surface area contributed by atoms with E-state index in [-0.39, 0.29) is 0 Å². The number of imidazole rings is 1. The van der Waals surface area contributed by atoms with E-state index in [1.54, 1.807) is 14.2 Å². The van der Waals surface area contributed by atoms with Crippen molar-refractivity contribution in [2.45, 2.75) is 31.7 Å². The number of rotatable bonds is 8. The maximum absolute atomic E-state index is 6.01. The molecule has 0 N–H and O–H groups in total. The van der Waals surface area contributed by atoms with Gasteiger partial charge in [0, 0.05) is 26.3 Å². The Balaban J connectivity index is 2.16. The lowest BCUT2D eigenvalue weighted by Gasteiger charge is -2.08. The van der Waals surface area contributed by atoms with Gasteiger partial charge in [-0.1, -0.05) is 0 Å². The largest absolute Gasteiger partial charge is 0.497 e. The summed E-state index contributed by atoms with van der Waals surface area (Å²) in [7, 11) is 3.41. The molecular weight excluding hydrogens is 276 g/mol. The second-order valence-electron chi connectivity index (χ2n) is 4.72. The molecule has 0 aliphatic rings. The van der Waals surface area contributed by atoms with Gasteiger partial charge in [0.05, 0.1) is 24.0 Å². The minimum Gasteiger partial charge on any atom is -0.497 e. The first-order valence-corrected chi connectivity index (χ1v) is 7.41. The van der Waals surface area contributed by atoms with Crippen LogP contribution in [0.25, 0.3) is 11.0 Å². The highest BCUT2D eigenvalue weighted by molar-refractivity contribution is 6.16. The summed E-state index contributed by atoms with van der Waals surface area (Å²) < 4.78 is 12.5. The Bertz CT molecular complexity index is 554. The van der Waals surface area contributed by atoms with Crippen LogP contribution in [0.1, 0.15) is 25.1 Å². The van der Waals surface area contributed by atoms with Crippen LogP contribution in [0.15, 0.2) is 18.2 Å². The zero-order valence-corrected chi connectivity index (χ0v) is 12.8. The molecule has 0 radical (unpaired) electrons. The number of unbranched alkanes of at least 4 members (excludes halogenated alkanes) is 2. The first-order chi connectivity index (χ1) is 9.80. The van der Waals surface area contributed by atoms with Crippen LogP contribution in [0.2, 0.25) is 0 Å². The lowest BCUT2D eigenvalue weighted by molar-refractivity contribution is 0.191. The standard InChI is InChI=1S/C15H21ClN2O2/c1-19-9-5-3-4-8-18-14-10-12(20-2)6-7-13(14)17-15(18)11-16/h6-7,10H,3-5,8-9,11H2,1-2H3. The first-order valence-electron chi connectivity index (χ1n) is 6.88. The van der Waals surface area contributed by atoms with Crippen LogP contribution < -0.4 is 4.74 Å². The fourth-order valence-corrected chi connectivity index (χ4v) is 2.53. The Hall–Kier alpha value is -1.26. The molecule has 1 heterocycles. The normalized spacial score (nSPS) is 11.2. The first kappa shape index (κ1) is 15.1. The molecule has 1 aromatic carbocycles. The van der Waals surface area contributed by atoms with E-state index in [1.165, 1.54) is 0 Å². The number of hydrogen-bond donors (Lipinski definition) is 0. The summed E-state index contributed by atoms with van der Waals surface area (Å²) in [6.45, 7) is 1.75. The van der Waals surface area contributed by atoms with Crippen LogP contribution >= 0.6 is 11.6 Å². The Morgan fingerprint density at radius 3 is 2.75 bits per heavy atom. The van der Waals surface area contributed by atoms with E-state index in [0.29, 0.717) is 5.88 Å². The molecule has 0 fully saturated rings. The zero-order valence-electron chi connectivity index (χ0n) is 12.1. The minimum absolute atomic E-state index is 0.426. The third-order valence-electron chi connectivity index (χ3n) is 3.38. The van der Waals surface area contributed by atoms with E-state index in [1.807, 2.05) is 18.2 Å². The number of methoxy groups -OCH3 is 2. The molecule has 1 aromatic heterocycles. The molecule has 0 saturated carbocycles. The summed E-state index contributed by atoms with van der Waals surface area (Å²) in [5.74, 6) is 2.19.